The van der Waals surface area contributed by atoms with Gasteiger partial charge in [0.05, 0.1) is 0 Å². The Labute approximate surface area is 96.8 Å². The van der Waals surface area contributed by atoms with Crippen LogP contribution in [0.4, 0.5) is 0 Å². The van der Waals surface area contributed by atoms with Gasteiger partial charge in [0, 0.05) is 0 Å². The Morgan fingerprint density at radius 2 is 1.80 bits per heavy atom. The third-order valence-corrected chi connectivity index (χ3v) is 4.91. The molecule has 0 N–H and O–H groups in total. The van der Waals surface area contributed by atoms with E-state index in [9.17, 15) is 0 Å². The van der Waals surface area contributed by atoms with Crippen molar-refractivity contribution in [3.05, 3.63) is 0 Å². The van der Waals surface area contributed by atoms with Crippen LogP contribution in [0.25, 0.3) is 0 Å². The van der Waals surface area contributed by atoms with Crippen molar-refractivity contribution in [3.8, 4) is 0 Å². The summed E-state index contributed by atoms with van der Waals surface area (Å²) in [7, 11) is 0. The van der Waals surface area contributed by atoms with Crippen molar-refractivity contribution in [2.24, 2.45) is 23.2 Å². The molecule has 15 heavy (non-hydrogen) atoms. The Morgan fingerprint density at radius 3 is 2.33 bits per heavy atom. The fourth-order valence-corrected chi connectivity index (χ4v) is 4.00. The van der Waals surface area contributed by atoms with Crippen LogP contribution in [-0.4, -0.2) is 0 Å². The van der Waals surface area contributed by atoms with E-state index >= 15 is 0 Å². The summed E-state index contributed by atoms with van der Waals surface area (Å²) < 4.78 is 0. The second-order valence-electron chi connectivity index (χ2n) is 6.19. The van der Waals surface area contributed by atoms with Crippen LogP contribution in [0.3, 0.4) is 0 Å². The molecule has 0 spiro atoms. The molecule has 4 unspecified atom stereocenters. The normalized spacial score (nSPS) is 41.0. The van der Waals surface area contributed by atoms with Gasteiger partial charge in [0.25, 0.3) is 0 Å². The van der Waals surface area contributed by atoms with Gasteiger partial charge >= 0.3 is 0 Å². The van der Waals surface area contributed by atoms with Crippen LogP contribution in [0.2, 0.25) is 0 Å². The van der Waals surface area contributed by atoms with E-state index in [1.807, 2.05) is 0 Å². The first-order chi connectivity index (χ1) is 7.05. The van der Waals surface area contributed by atoms with E-state index in [2.05, 4.69) is 34.6 Å². The first kappa shape index (κ1) is 13.1. The Morgan fingerprint density at radius 1 is 1.13 bits per heavy atom. The van der Waals surface area contributed by atoms with Crippen molar-refractivity contribution in [2.45, 2.75) is 73.1 Å². The predicted molar refractivity (Wildman–Crippen MR) is 69.0 cm³/mol. The summed E-state index contributed by atoms with van der Waals surface area (Å²) in [6, 6.07) is 0. The van der Waals surface area contributed by atoms with Gasteiger partial charge in [-0.3, -0.25) is 0 Å². The summed E-state index contributed by atoms with van der Waals surface area (Å²) >= 11 is 0. The van der Waals surface area contributed by atoms with Crippen LogP contribution in [0.1, 0.15) is 73.1 Å². The van der Waals surface area contributed by atoms with Gasteiger partial charge in [-0.25, -0.2) is 0 Å². The Kier molecular flexibility index (Phi) is 4.67. The predicted octanol–water partition coefficient (Wildman–Crippen LogP) is 5.28. The van der Waals surface area contributed by atoms with Gasteiger partial charge in [-0.15, -0.1) is 0 Å². The maximum atomic E-state index is 2.55. The van der Waals surface area contributed by atoms with E-state index in [0.29, 0.717) is 5.41 Å². The van der Waals surface area contributed by atoms with Crippen molar-refractivity contribution in [3.63, 3.8) is 0 Å². The third kappa shape index (κ3) is 2.77. The lowest BCUT2D eigenvalue weighted by Crippen LogP contribution is -2.24. The summed E-state index contributed by atoms with van der Waals surface area (Å²) in [5, 5.41) is 0. The van der Waals surface area contributed by atoms with Crippen molar-refractivity contribution in [1.29, 1.82) is 0 Å². The highest BCUT2D eigenvalue weighted by Crippen LogP contribution is 2.54. The van der Waals surface area contributed by atoms with Gasteiger partial charge in [-0.1, -0.05) is 53.9 Å². The van der Waals surface area contributed by atoms with Gasteiger partial charge in [-0.05, 0) is 42.4 Å². The zero-order chi connectivity index (χ0) is 11.5. The average Bonchev–Trinajstić information content (AvgIpc) is 2.37. The highest BCUT2D eigenvalue weighted by molar-refractivity contribution is 4.94. The summed E-state index contributed by atoms with van der Waals surface area (Å²) in [6.45, 7) is 12.2. The van der Waals surface area contributed by atoms with Gasteiger partial charge < -0.3 is 0 Å². The van der Waals surface area contributed by atoms with Crippen molar-refractivity contribution < 1.29 is 0 Å². The molecule has 0 aromatic carbocycles. The minimum atomic E-state index is 0.656. The molecule has 1 aliphatic carbocycles. The Hall–Kier alpha value is 0. The number of hydrogen-bond donors (Lipinski definition) is 0. The van der Waals surface area contributed by atoms with Crippen LogP contribution in [0.5, 0.6) is 0 Å². The van der Waals surface area contributed by atoms with Gasteiger partial charge in [0.15, 0.2) is 0 Å². The fraction of sp³-hybridized carbons (Fsp3) is 1.00. The van der Waals surface area contributed by atoms with Crippen LogP contribution < -0.4 is 0 Å². The molecular weight excluding hydrogens is 180 g/mol. The molecular formula is C15H30. The second kappa shape index (κ2) is 5.37. The highest BCUT2D eigenvalue weighted by Gasteiger charge is 2.45. The molecule has 0 heteroatoms. The standard InChI is InChI=1S/C15H30/c1-6-8-9-14-13(4)12(3)11-15(14,5)10-7-2/h12-14H,6-11H2,1-5H3. The van der Waals surface area contributed by atoms with Crippen molar-refractivity contribution >= 4 is 0 Å². The largest absolute Gasteiger partial charge is 0.0654 e. The SMILES string of the molecule is CCCCC1C(C)C(C)CC1(C)CCC. The van der Waals surface area contributed by atoms with Gasteiger partial charge in [0.1, 0.15) is 0 Å². The van der Waals surface area contributed by atoms with E-state index in [0.717, 1.165) is 17.8 Å². The number of hydrogen-bond acceptors (Lipinski definition) is 0. The minimum Gasteiger partial charge on any atom is -0.0654 e. The lowest BCUT2D eigenvalue weighted by molar-refractivity contribution is 0.167. The fourth-order valence-electron chi connectivity index (χ4n) is 4.00. The quantitative estimate of drug-likeness (QED) is 0.579. The van der Waals surface area contributed by atoms with E-state index in [1.54, 1.807) is 0 Å². The van der Waals surface area contributed by atoms with Crippen LogP contribution in [0.15, 0.2) is 0 Å². The lowest BCUT2D eigenvalue weighted by Gasteiger charge is -2.33. The molecule has 4 atom stereocenters. The van der Waals surface area contributed by atoms with E-state index in [1.165, 1.54) is 38.5 Å². The maximum absolute atomic E-state index is 2.55. The van der Waals surface area contributed by atoms with Crippen LogP contribution in [0, 0.1) is 23.2 Å². The molecule has 0 bridgehead atoms. The van der Waals surface area contributed by atoms with Crippen LogP contribution >= 0.6 is 0 Å². The number of rotatable bonds is 5. The molecule has 0 nitrogen and oxygen atoms in total. The van der Waals surface area contributed by atoms with E-state index < -0.39 is 0 Å². The van der Waals surface area contributed by atoms with Crippen molar-refractivity contribution in [2.75, 3.05) is 0 Å². The molecule has 1 aliphatic rings. The first-order valence-electron chi connectivity index (χ1n) is 7.05. The van der Waals surface area contributed by atoms with E-state index in [4.69, 9.17) is 0 Å². The molecule has 0 heterocycles. The third-order valence-electron chi connectivity index (χ3n) is 4.91. The van der Waals surface area contributed by atoms with Crippen LogP contribution in [-0.2, 0) is 0 Å². The molecule has 1 saturated carbocycles. The molecule has 0 aromatic rings. The zero-order valence-electron chi connectivity index (χ0n) is 11.5. The first-order valence-corrected chi connectivity index (χ1v) is 7.05. The monoisotopic (exact) mass is 210 g/mol. The second-order valence-corrected chi connectivity index (χ2v) is 6.19. The molecule has 0 radical (unpaired) electrons. The molecule has 90 valence electrons. The topological polar surface area (TPSA) is 0 Å². The summed E-state index contributed by atoms with van der Waals surface area (Å²) in [5.41, 5.74) is 0.656. The molecule has 0 aliphatic heterocycles. The lowest BCUT2D eigenvalue weighted by atomic mass is 9.72. The van der Waals surface area contributed by atoms with Crippen molar-refractivity contribution in [1.82, 2.24) is 0 Å². The van der Waals surface area contributed by atoms with Gasteiger partial charge in [-0.2, -0.15) is 0 Å². The molecule has 1 fully saturated rings. The molecule has 0 amide bonds. The Balaban J connectivity index is 2.67. The minimum absolute atomic E-state index is 0.656. The molecule has 0 aromatic heterocycles. The smallest absolute Gasteiger partial charge is 0.0292 e. The highest BCUT2D eigenvalue weighted by atomic mass is 14.5. The molecule has 0 saturated heterocycles. The van der Waals surface area contributed by atoms with Gasteiger partial charge in [0.2, 0.25) is 0 Å². The van der Waals surface area contributed by atoms with E-state index in [-0.39, 0.29) is 0 Å². The zero-order valence-corrected chi connectivity index (χ0v) is 11.5. The summed E-state index contributed by atoms with van der Waals surface area (Å²) in [5.74, 6) is 2.89. The maximum Gasteiger partial charge on any atom is -0.0292 e. The number of unbranched alkanes of at least 4 members (excludes halogenated alkanes) is 1. The Bertz CT molecular complexity index is 184. The summed E-state index contributed by atoms with van der Waals surface area (Å²) in [4.78, 5) is 0. The summed E-state index contributed by atoms with van der Waals surface area (Å²) in [6.07, 6.45) is 8.53. The molecule has 1 rings (SSSR count). The average molecular weight is 210 g/mol.